The predicted molar refractivity (Wildman–Crippen MR) is 80.6 cm³/mol. The van der Waals surface area contributed by atoms with Gasteiger partial charge < -0.3 is 10.2 Å². The largest absolute Gasteiger partial charge is 0.307 e. The van der Waals surface area contributed by atoms with Crippen LogP contribution in [0.15, 0.2) is 18.2 Å². The maximum absolute atomic E-state index is 13.1. The molecule has 1 saturated carbocycles. The van der Waals surface area contributed by atoms with Gasteiger partial charge in [0.05, 0.1) is 0 Å². The normalized spacial score (nSPS) is 22.9. The van der Waals surface area contributed by atoms with E-state index in [0.29, 0.717) is 11.1 Å². The third kappa shape index (κ3) is 3.33. The van der Waals surface area contributed by atoms with E-state index in [-0.39, 0.29) is 11.9 Å². The molecular formula is C16H22ClFN2. The Kier molecular flexibility index (Phi) is 4.29. The summed E-state index contributed by atoms with van der Waals surface area (Å²) in [6.45, 7) is 4.50. The van der Waals surface area contributed by atoms with Crippen molar-refractivity contribution in [2.75, 3.05) is 13.1 Å². The van der Waals surface area contributed by atoms with Gasteiger partial charge >= 0.3 is 0 Å². The molecule has 4 heteroatoms. The first-order valence-corrected chi connectivity index (χ1v) is 7.96. The van der Waals surface area contributed by atoms with E-state index in [1.807, 2.05) is 0 Å². The summed E-state index contributed by atoms with van der Waals surface area (Å²) < 4.78 is 13.1. The molecule has 3 rings (SSSR count). The average Bonchev–Trinajstić information content (AvgIpc) is 3.23. The summed E-state index contributed by atoms with van der Waals surface area (Å²) in [4.78, 5) is 2.62. The lowest BCUT2D eigenvalue weighted by Crippen LogP contribution is -2.44. The van der Waals surface area contributed by atoms with Crippen LogP contribution in [-0.4, -0.2) is 30.1 Å². The van der Waals surface area contributed by atoms with E-state index < -0.39 is 0 Å². The zero-order valence-electron chi connectivity index (χ0n) is 11.9. The minimum absolute atomic E-state index is 0.167. The van der Waals surface area contributed by atoms with Gasteiger partial charge in [0, 0.05) is 23.1 Å². The second kappa shape index (κ2) is 6.00. The standard InChI is InChI=1S/C16H22ClFN2/c1-11(15-5-2-12(18)10-16(15)17)19-13-6-8-20(9-7-13)14-3-4-14/h2,5,10-11,13-14,19H,3-4,6-9H2,1H3. The Balaban J connectivity index is 1.54. The van der Waals surface area contributed by atoms with Crippen LogP contribution in [0.25, 0.3) is 0 Å². The number of piperidine rings is 1. The molecule has 20 heavy (non-hydrogen) atoms. The van der Waals surface area contributed by atoms with E-state index in [1.165, 1.54) is 50.9 Å². The predicted octanol–water partition coefficient (Wildman–Crippen LogP) is 3.76. The first-order valence-electron chi connectivity index (χ1n) is 7.58. The molecule has 1 aromatic rings. The summed E-state index contributed by atoms with van der Waals surface area (Å²) in [5.74, 6) is -0.274. The number of hydrogen-bond donors (Lipinski definition) is 1. The third-order valence-corrected chi connectivity index (χ3v) is 4.83. The van der Waals surface area contributed by atoms with Crippen LogP contribution in [0.3, 0.4) is 0 Å². The van der Waals surface area contributed by atoms with Crippen LogP contribution in [0.1, 0.15) is 44.2 Å². The highest BCUT2D eigenvalue weighted by Crippen LogP contribution is 2.30. The maximum Gasteiger partial charge on any atom is 0.124 e. The van der Waals surface area contributed by atoms with Crippen molar-refractivity contribution in [3.8, 4) is 0 Å². The highest BCUT2D eigenvalue weighted by atomic mass is 35.5. The van der Waals surface area contributed by atoms with Crippen molar-refractivity contribution in [2.24, 2.45) is 0 Å². The van der Waals surface area contributed by atoms with Crippen LogP contribution >= 0.6 is 11.6 Å². The monoisotopic (exact) mass is 296 g/mol. The van der Waals surface area contributed by atoms with Gasteiger partial charge in [-0.1, -0.05) is 17.7 Å². The molecule has 1 aliphatic carbocycles. The van der Waals surface area contributed by atoms with Crippen LogP contribution in [0.2, 0.25) is 5.02 Å². The van der Waals surface area contributed by atoms with Crippen molar-refractivity contribution in [1.82, 2.24) is 10.2 Å². The summed E-state index contributed by atoms with van der Waals surface area (Å²) in [5, 5.41) is 4.16. The molecule has 0 radical (unpaired) electrons. The van der Waals surface area contributed by atoms with Crippen LogP contribution < -0.4 is 5.32 Å². The van der Waals surface area contributed by atoms with Gasteiger partial charge in [-0.15, -0.1) is 0 Å². The molecule has 1 saturated heterocycles. The number of nitrogens with zero attached hydrogens (tertiary/aromatic N) is 1. The molecule has 1 aromatic carbocycles. The quantitative estimate of drug-likeness (QED) is 0.910. The van der Waals surface area contributed by atoms with Crippen LogP contribution in [-0.2, 0) is 0 Å². The van der Waals surface area contributed by atoms with E-state index in [1.54, 1.807) is 6.07 Å². The number of hydrogen-bond acceptors (Lipinski definition) is 2. The topological polar surface area (TPSA) is 15.3 Å². The van der Waals surface area contributed by atoms with Crippen LogP contribution in [0.5, 0.6) is 0 Å². The summed E-state index contributed by atoms with van der Waals surface area (Å²) in [5.41, 5.74) is 0.984. The minimum Gasteiger partial charge on any atom is -0.307 e. The number of benzene rings is 1. The Morgan fingerprint density at radius 3 is 2.55 bits per heavy atom. The number of rotatable bonds is 4. The smallest absolute Gasteiger partial charge is 0.124 e. The van der Waals surface area contributed by atoms with Gasteiger partial charge in [-0.25, -0.2) is 4.39 Å². The minimum atomic E-state index is -0.274. The molecule has 2 aliphatic rings. The Hall–Kier alpha value is -0.640. The zero-order chi connectivity index (χ0) is 14.1. The van der Waals surface area contributed by atoms with E-state index in [4.69, 9.17) is 11.6 Å². The molecule has 1 aliphatic heterocycles. The van der Waals surface area contributed by atoms with Crippen molar-refractivity contribution in [3.05, 3.63) is 34.6 Å². The SMILES string of the molecule is CC(NC1CCN(C2CC2)CC1)c1ccc(F)cc1Cl. The van der Waals surface area contributed by atoms with Crippen molar-refractivity contribution >= 4 is 11.6 Å². The number of nitrogens with one attached hydrogen (secondary N) is 1. The zero-order valence-corrected chi connectivity index (χ0v) is 12.7. The molecular weight excluding hydrogens is 275 g/mol. The molecule has 110 valence electrons. The molecule has 1 atom stereocenters. The van der Waals surface area contributed by atoms with Gasteiger partial charge in [-0.05, 0) is 63.4 Å². The Morgan fingerprint density at radius 2 is 1.95 bits per heavy atom. The van der Waals surface area contributed by atoms with Gasteiger partial charge in [-0.2, -0.15) is 0 Å². The first kappa shape index (κ1) is 14.3. The first-order chi connectivity index (χ1) is 9.63. The maximum atomic E-state index is 13.1. The highest BCUT2D eigenvalue weighted by molar-refractivity contribution is 6.31. The molecule has 0 bridgehead atoms. The summed E-state index contributed by atoms with van der Waals surface area (Å²) >= 11 is 6.13. The van der Waals surface area contributed by atoms with Crippen molar-refractivity contribution in [2.45, 2.75) is 50.7 Å². The van der Waals surface area contributed by atoms with Gasteiger partial charge in [0.15, 0.2) is 0 Å². The van der Waals surface area contributed by atoms with E-state index in [9.17, 15) is 4.39 Å². The Labute approximate surface area is 125 Å². The summed E-state index contributed by atoms with van der Waals surface area (Å²) in [7, 11) is 0. The molecule has 1 unspecified atom stereocenters. The summed E-state index contributed by atoms with van der Waals surface area (Å²) in [6, 6.07) is 6.25. The fraction of sp³-hybridized carbons (Fsp3) is 0.625. The van der Waals surface area contributed by atoms with Gasteiger partial charge in [0.1, 0.15) is 5.82 Å². The van der Waals surface area contributed by atoms with E-state index in [0.717, 1.165) is 11.6 Å². The molecule has 1 heterocycles. The lowest BCUT2D eigenvalue weighted by molar-refractivity contribution is 0.184. The molecule has 2 fully saturated rings. The average molecular weight is 297 g/mol. The lowest BCUT2D eigenvalue weighted by atomic mass is 10.0. The fourth-order valence-electron chi connectivity index (χ4n) is 3.17. The fourth-order valence-corrected chi connectivity index (χ4v) is 3.50. The van der Waals surface area contributed by atoms with E-state index in [2.05, 4.69) is 17.1 Å². The Bertz CT molecular complexity index is 468. The molecule has 0 aromatic heterocycles. The molecule has 2 nitrogen and oxygen atoms in total. The molecule has 0 spiro atoms. The number of likely N-dealkylation sites (tertiary alicyclic amines) is 1. The highest BCUT2D eigenvalue weighted by Gasteiger charge is 2.32. The lowest BCUT2D eigenvalue weighted by Gasteiger charge is -2.34. The van der Waals surface area contributed by atoms with Crippen LogP contribution in [0, 0.1) is 5.82 Å². The van der Waals surface area contributed by atoms with Crippen LogP contribution in [0.4, 0.5) is 4.39 Å². The Morgan fingerprint density at radius 1 is 1.25 bits per heavy atom. The van der Waals surface area contributed by atoms with Crippen molar-refractivity contribution in [1.29, 1.82) is 0 Å². The van der Waals surface area contributed by atoms with Gasteiger partial charge in [0.2, 0.25) is 0 Å². The third-order valence-electron chi connectivity index (χ3n) is 4.51. The van der Waals surface area contributed by atoms with Crippen molar-refractivity contribution in [3.63, 3.8) is 0 Å². The van der Waals surface area contributed by atoms with Crippen molar-refractivity contribution < 1.29 is 4.39 Å². The molecule has 1 N–H and O–H groups in total. The van der Waals surface area contributed by atoms with Gasteiger partial charge in [0.25, 0.3) is 0 Å². The van der Waals surface area contributed by atoms with Gasteiger partial charge in [-0.3, -0.25) is 0 Å². The number of halogens is 2. The van der Waals surface area contributed by atoms with E-state index >= 15 is 0 Å². The second-order valence-corrected chi connectivity index (χ2v) is 6.50. The second-order valence-electron chi connectivity index (χ2n) is 6.10. The molecule has 0 amide bonds. The summed E-state index contributed by atoms with van der Waals surface area (Å²) in [6.07, 6.45) is 5.17.